The number of nitrogens with one attached hydrogen (secondary N) is 1. The van der Waals surface area contributed by atoms with E-state index in [4.69, 9.17) is 23.2 Å². The summed E-state index contributed by atoms with van der Waals surface area (Å²) in [6.45, 7) is 3.95. The highest BCUT2D eigenvalue weighted by Gasteiger charge is 2.40. The number of amides is 2. The number of halogens is 4. The average molecular weight is 425 g/mol. The van der Waals surface area contributed by atoms with Crippen molar-refractivity contribution in [2.75, 3.05) is 11.9 Å². The third-order valence-electron chi connectivity index (χ3n) is 4.11. The Kier molecular flexibility index (Phi) is 5.72. The van der Waals surface area contributed by atoms with Crippen LogP contribution in [0.15, 0.2) is 42.1 Å². The van der Waals surface area contributed by atoms with Crippen LogP contribution in [0.25, 0.3) is 5.57 Å². The van der Waals surface area contributed by atoms with Crippen LogP contribution in [0.3, 0.4) is 0 Å². The van der Waals surface area contributed by atoms with Gasteiger partial charge in [-0.25, -0.2) is 8.78 Å². The maximum atomic E-state index is 13.6. The van der Waals surface area contributed by atoms with Crippen molar-refractivity contribution in [2.45, 2.75) is 13.8 Å². The molecule has 0 aliphatic carbocycles. The number of benzene rings is 2. The molecule has 0 radical (unpaired) electrons. The normalized spacial score (nSPS) is 14.5. The Hall–Kier alpha value is -2.44. The molecule has 0 atom stereocenters. The summed E-state index contributed by atoms with van der Waals surface area (Å²) in [6, 6.07) is 7.66. The lowest BCUT2D eigenvalue weighted by atomic mass is 10.0. The fourth-order valence-electron chi connectivity index (χ4n) is 2.88. The molecule has 0 spiro atoms. The quantitative estimate of drug-likeness (QED) is 0.677. The van der Waals surface area contributed by atoms with Crippen LogP contribution in [0.2, 0.25) is 10.0 Å². The van der Waals surface area contributed by atoms with Gasteiger partial charge in [0.05, 0.1) is 10.6 Å². The van der Waals surface area contributed by atoms with E-state index in [0.717, 1.165) is 17.0 Å². The van der Waals surface area contributed by atoms with Crippen LogP contribution in [0.1, 0.15) is 19.4 Å². The number of nitrogens with zero attached hydrogens (tertiary/aromatic N) is 1. The van der Waals surface area contributed by atoms with Crippen molar-refractivity contribution >= 4 is 46.3 Å². The third-order valence-corrected chi connectivity index (χ3v) is 4.65. The Bertz CT molecular complexity index is 1010. The van der Waals surface area contributed by atoms with E-state index in [-0.39, 0.29) is 34.4 Å². The van der Waals surface area contributed by atoms with Gasteiger partial charge >= 0.3 is 0 Å². The topological polar surface area (TPSA) is 49.4 Å². The summed E-state index contributed by atoms with van der Waals surface area (Å²) in [5.41, 5.74) is 0.447. The molecule has 28 heavy (non-hydrogen) atoms. The molecule has 0 saturated carbocycles. The number of anilines is 1. The van der Waals surface area contributed by atoms with E-state index < -0.39 is 23.4 Å². The van der Waals surface area contributed by atoms with Gasteiger partial charge in [0.15, 0.2) is 11.6 Å². The molecule has 0 bridgehead atoms. The summed E-state index contributed by atoms with van der Waals surface area (Å²) in [5, 5.41) is 3.32. The second-order valence-electron chi connectivity index (χ2n) is 6.74. The average Bonchev–Trinajstić information content (AvgIpc) is 2.83. The minimum atomic E-state index is -1.08. The molecule has 1 aliphatic heterocycles. The van der Waals surface area contributed by atoms with Crippen LogP contribution in [-0.4, -0.2) is 23.3 Å². The van der Waals surface area contributed by atoms with Crippen molar-refractivity contribution in [3.05, 3.63) is 69.3 Å². The number of rotatable bonds is 5. The SMILES string of the molecule is CC(C)CN1C(=O)C(Nc2ccc(F)c(F)c2)=C(c2ccc(Cl)cc2Cl)C1=O. The van der Waals surface area contributed by atoms with Gasteiger partial charge in [-0.2, -0.15) is 0 Å². The molecule has 8 heteroatoms. The van der Waals surface area contributed by atoms with E-state index >= 15 is 0 Å². The predicted octanol–water partition coefficient (Wildman–Crippen LogP) is 5.12. The van der Waals surface area contributed by atoms with Gasteiger partial charge in [-0.3, -0.25) is 14.5 Å². The Morgan fingerprint density at radius 3 is 2.32 bits per heavy atom. The van der Waals surface area contributed by atoms with Gasteiger partial charge < -0.3 is 5.32 Å². The Morgan fingerprint density at radius 2 is 1.71 bits per heavy atom. The molecule has 4 nitrogen and oxygen atoms in total. The second kappa shape index (κ2) is 7.89. The Labute approximate surface area is 170 Å². The van der Waals surface area contributed by atoms with Gasteiger partial charge in [0, 0.05) is 28.9 Å². The minimum Gasteiger partial charge on any atom is -0.350 e. The summed E-state index contributed by atoms with van der Waals surface area (Å²) in [6.07, 6.45) is 0. The smallest absolute Gasteiger partial charge is 0.278 e. The summed E-state index contributed by atoms with van der Waals surface area (Å²) in [7, 11) is 0. The fraction of sp³-hybridized carbons (Fsp3) is 0.200. The highest BCUT2D eigenvalue weighted by atomic mass is 35.5. The van der Waals surface area contributed by atoms with Crippen molar-refractivity contribution in [3.8, 4) is 0 Å². The van der Waals surface area contributed by atoms with Crippen LogP contribution >= 0.6 is 23.2 Å². The van der Waals surface area contributed by atoms with Gasteiger partial charge in [-0.15, -0.1) is 0 Å². The van der Waals surface area contributed by atoms with E-state index in [9.17, 15) is 18.4 Å². The molecule has 0 aromatic heterocycles. The summed E-state index contributed by atoms with van der Waals surface area (Å²) in [5.74, 6) is -3.14. The van der Waals surface area contributed by atoms with Gasteiger partial charge in [0.2, 0.25) is 0 Å². The summed E-state index contributed by atoms with van der Waals surface area (Å²) >= 11 is 12.2. The molecule has 1 N–H and O–H groups in total. The van der Waals surface area contributed by atoms with E-state index in [1.807, 2.05) is 13.8 Å². The zero-order chi connectivity index (χ0) is 20.6. The molecule has 3 rings (SSSR count). The van der Waals surface area contributed by atoms with E-state index in [0.29, 0.717) is 10.6 Å². The van der Waals surface area contributed by atoms with Crippen molar-refractivity contribution in [3.63, 3.8) is 0 Å². The molecular formula is C20H16Cl2F2N2O2. The molecule has 146 valence electrons. The molecule has 0 fully saturated rings. The van der Waals surface area contributed by atoms with Gasteiger partial charge in [-0.05, 0) is 30.2 Å². The molecule has 1 heterocycles. The molecule has 0 saturated heterocycles. The standard InChI is InChI=1S/C20H16Cl2F2N2O2/c1-10(2)9-26-19(27)17(13-5-3-11(21)7-14(13)22)18(20(26)28)25-12-4-6-15(23)16(24)8-12/h3-8,10,25H,9H2,1-2H3. The van der Waals surface area contributed by atoms with Crippen LogP contribution in [0.5, 0.6) is 0 Å². The first-order valence-electron chi connectivity index (χ1n) is 8.47. The summed E-state index contributed by atoms with van der Waals surface area (Å²) < 4.78 is 26.8. The fourth-order valence-corrected chi connectivity index (χ4v) is 3.39. The van der Waals surface area contributed by atoms with E-state index in [1.165, 1.54) is 18.2 Å². The molecular weight excluding hydrogens is 409 g/mol. The van der Waals surface area contributed by atoms with E-state index in [1.54, 1.807) is 6.07 Å². The van der Waals surface area contributed by atoms with E-state index in [2.05, 4.69) is 5.32 Å². The highest BCUT2D eigenvalue weighted by Crippen LogP contribution is 2.35. The first-order valence-corrected chi connectivity index (χ1v) is 9.22. The molecule has 2 aromatic carbocycles. The van der Waals surface area contributed by atoms with Crippen LogP contribution in [0.4, 0.5) is 14.5 Å². The Balaban J connectivity index is 2.12. The van der Waals surface area contributed by atoms with Crippen molar-refractivity contribution in [1.29, 1.82) is 0 Å². The lowest BCUT2D eigenvalue weighted by Crippen LogP contribution is -2.35. The van der Waals surface area contributed by atoms with Gasteiger partial charge in [0.25, 0.3) is 11.8 Å². The maximum absolute atomic E-state index is 13.6. The largest absolute Gasteiger partial charge is 0.350 e. The van der Waals surface area contributed by atoms with Crippen molar-refractivity contribution in [1.82, 2.24) is 4.90 Å². The van der Waals surface area contributed by atoms with Gasteiger partial charge in [-0.1, -0.05) is 43.1 Å². The Morgan fingerprint density at radius 1 is 1.00 bits per heavy atom. The third kappa shape index (κ3) is 3.88. The van der Waals surface area contributed by atoms with Crippen molar-refractivity contribution < 1.29 is 18.4 Å². The number of imide groups is 1. The monoisotopic (exact) mass is 424 g/mol. The molecule has 2 aromatic rings. The molecule has 1 aliphatic rings. The number of carbonyl (C=O) groups is 2. The molecule has 2 amide bonds. The zero-order valence-corrected chi connectivity index (χ0v) is 16.5. The van der Waals surface area contributed by atoms with Crippen LogP contribution < -0.4 is 5.32 Å². The van der Waals surface area contributed by atoms with Crippen molar-refractivity contribution in [2.24, 2.45) is 5.92 Å². The highest BCUT2D eigenvalue weighted by molar-refractivity contribution is 6.41. The second-order valence-corrected chi connectivity index (χ2v) is 7.59. The molecule has 0 unspecified atom stereocenters. The van der Waals surface area contributed by atoms with Crippen LogP contribution in [-0.2, 0) is 9.59 Å². The first-order chi connectivity index (χ1) is 13.2. The number of hydrogen-bond acceptors (Lipinski definition) is 3. The lowest BCUT2D eigenvalue weighted by molar-refractivity contribution is -0.137. The predicted molar refractivity (Wildman–Crippen MR) is 105 cm³/mol. The lowest BCUT2D eigenvalue weighted by Gasteiger charge is -2.17. The minimum absolute atomic E-state index is 0.0393. The maximum Gasteiger partial charge on any atom is 0.278 e. The first kappa shape index (κ1) is 20.3. The summed E-state index contributed by atoms with van der Waals surface area (Å²) in [4.78, 5) is 27.0. The van der Waals surface area contributed by atoms with Gasteiger partial charge in [0.1, 0.15) is 5.70 Å². The van der Waals surface area contributed by atoms with Crippen LogP contribution in [0, 0.1) is 17.6 Å². The number of carbonyl (C=O) groups excluding carboxylic acids is 2. The number of hydrogen-bond donors (Lipinski definition) is 1. The zero-order valence-electron chi connectivity index (χ0n) is 15.0.